The first kappa shape index (κ1) is 20.9. The molecule has 1 aliphatic rings. The zero-order chi connectivity index (χ0) is 15.4. The van der Waals surface area contributed by atoms with Crippen LogP contribution in [0.4, 0.5) is 0 Å². The largest absolute Gasteiger partial charge is 0.347 e. The van der Waals surface area contributed by atoms with Crippen LogP contribution in [0.25, 0.3) is 0 Å². The van der Waals surface area contributed by atoms with Crippen LogP contribution in [0.5, 0.6) is 0 Å². The first-order valence-electron chi connectivity index (χ1n) is 7.74. The minimum Gasteiger partial charge on any atom is -0.347 e. The highest BCUT2D eigenvalue weighted by atomic mass is 35.5. The summed E-state index contributed by atoms with van der Waals surface area (Å²) in [6.07, 6.45) is 2.95. The van der Waals surface area contributed by atoms with E-state index in [1.807, 2.05) is 25.1 Å². The van der Waals surface area contributed by atoms with Crippen molar-refractivity contribution < 1.29 is 4.79 Å². The topological polar surface area (TPSA) is 54.0 Å². The van der Waals surface area contributed by atoms with Crippen molar-refractivity contribution in [2.45, 2.75) is 32.2 Å². The molecule has 0 unspecified atom stereocenters. The summed E-state index contributed by atoms with van der Waals surface area (Å²) in [6, 6.07) is 10.5. The number of hydrogen-bond donors (Lipinski definition) is 2. The van der Waals surface area contributed by atoms with E-state index in [-0.39, 0.29) is 36.8 Å². The van der Waals surface area contributed by atoms with E-state index in [9.17, 15) is 4.79 Å². The molecule has 1 aromatic carbocycles. The maximum Gasteiger partial charge on any atom is 0.263 e. The average molecular weight is 388 g/mol. The van der Waals surface area contributed by atoms with E-state index >= 15 is 0 Å². The van der Waals surface area contributed by atoms with Crippen LogP contribution < -0.4 is 10.6 Å². The fraction of sp³-hybridized carbons (Fsp3) is 0.412. The number of aromatic nitrogens is 1. The van der Waals surface area contributed by atoms with Crippen molar-refractivity contribution in [2.75, 3.05) is 13.1 Å². The van der Waals surface area contributed by atoms with Crippen molar-refractivity contribution in [1.82, 2.24) is 15.6 Å². The molecule has 132 valence electrons. The first-order valence-corrected chi connectivity index (χ1v) is 8.56. The molecule has 2 N–H and O–H groups in total. The molecule has 3 rings (SSSR count). The SMILES string of the molecule is Cc1nc(Cc2ccccc2)sc1C(=O)N[C@H]1CCCNC1.Cl.Cl. The Labute approximate surface area is 159 Å². The van der Waals surface area contributed by atoms with E-state index < -0.39 is 0 Å². The molecule has 1 aliphatic heterocycles. The number of amides is 1. The van der Waals surface area contributed by atoms with Crippen molar-refractivity contribution >= 4 is 42.1 Å². The highest BCUT2D eigenvalue weighted by molar-refractivity contribution is 7.13. The standard InChI is InChI=1S/C17H21N3OS.2ClH/c1-12-16(17(21)20-14-8-5-9-18-11-14)22-15(19-12)10-13-6-3-2-4-7-13;;/h2-4,6-7,14,18H,5,8-11H2,1H3,(H,20,21);2*1H/t14-;;/m0../s1. The Morgan fingerprint density at radius 1 is 1.33 bits per heavy atom. The number of piperidine rings is 1. The second kappa shape index (κ2) is 9.99. The van der Waals surface area contributed by atoms with Gasteiger partial charge in [0.05, 0.1) is 10.7 Å². The second-order valence-corrected chi connectivity index (χ2v) is 6.78. The molecule has 1 atom stereocenters. The molecule has 1 amide bonds. The quantitative estimate of drug-likeness (QED) is 0.845. The summed E-state index contributed by atoms with van der Waals surface area (Å²) in [7, 11) is 0. The highest BCUT2D eigenvalue weighted by Crippen LogP contribution is 2.21. The van der Waals surface area contributed by atoms with E-state index in [0.29, 0.717) is 0 Å². The van der Waals surface area contributed by atoms with Crippen molar-refractivity contribution in [3.05, 3.63) is 51.5 Å². The number of aryl methyl sites for hydroxylation is 1. The van der Waals surface area contributed by atoms with Gasteiger partial charge in [-0.2, -0.15) is 0 Å². The number of rotatable bonds is 4. The Bertz CT molecular complexity index is 643. The highest BCUT2D eigenvalue weighted by Gasteiger charge is 2.20. The lowest BCUT2D eigenvalue weighted by Gasteiger charge is -2.23. The molecule has 7 heteroatoms. The zero-order valence-electron chi connectivity index (χ0n) is 13.6. The third-order valence-electron chi connectivity index (χ3n) is 3.88. The van der Waals surface area contributed by atoms with Crippen molar-refractivity contribution in [2.24, 2.45) is 0 Å². The summed E-state index contributed by atoms with van der Waals surface area (Å²) in [4.78, 5) is 17.7. The Hall–Kier alpha value is -1.14. The van der Waals surface area contributed by atoms with E-state index in [2.05, 4.69) is 27.8 Å². The van der Waals surface area contributed by atoms with Gasteiger partial charge < -0.3 is 10.6 Å². The number of carbonyl (C=O) groups excluding carboxylic acids is 1. The minimum atomic E-state index is 0. The van der Waals surface area contributed by atoms with Gasteiger partial charge in [-0.25, -0.2) is 4.98 Å². The number of nitrogens with one attached hydrogen (secondary N) is 2. The maximum atomic E-state index is 12.4. The van der Waals surface area contributed by atoms with Gasteiger partial charge in [-0.1, -0.05) is 30.3 Å². The fourth-order valence-electron chi connectivity index (χ4n) is 2.74. The predicted octanol–water partition coefficient (Wildman–Crippen LogP) is 3.37. The van der Waals surface area contributed by atoms with E-state index in [0.717, 1.165) is 47.9 Å². The monoisotopic (exact) mass is 387 g/mol. The zero-order valence-corrected chi connectivity index (χ0v) is 16.0. The summed E-state index contributed by atoms with van der Waals surface area (Å²) < 4.78 is 0. The number of hydrogen-bond acceptors (Lipinski definition) is 4. The van der Waals surface area contributed by atoms with E-state index in [1.165, 1.54) is 16.9 Å². The normalized spacial score (nSPS) is 16.6. The van der Waals surface area contributed by atoms with Gasteiger partial charge in [0.2, 0.25) is 0 Å². The first-order chi connectivity index (χ1) is 10.7. The molecule has 24 heavy (non-hydrogen) atoms. The molecule has 0 radical (unpaired) electrons. The van der Waals surface area contributed by atoms with Crippen LogP contribution in [-0.2, 0) is 6.42 Å². The minimum absolute atomic E-state index is 0. The van der Waals surface area contributed by atoms with Crippen LogP contribution in [-0.4, -0.2) is 30.0 Å². The van der Waals surface area contributed by atoms with Crippen LogP contribution in [0.1, 0.15) is 38.8 Å². The van der Waals surface area contributed by atoms with E-state index in [4.69, 9.17) is 0 Å². The lowest BCUT2D eigenvalue weighted by Crippen LogP contribution is -2.45. The van der Waals surface area contributed by atoms with Gasteiger partial charge in [0, 0.05) is 19.0 Å². The molecule has 1 fully saturated rings. The molecular formula is C17H23Cl2N3OS. The second-order valence-electron chi connectivity index (χ2n) is 5.70. The summed E-state index contributed by atoms with van der Waals surface area (Å²) in [5, 5.41) is 7.44. The van der Waals surface area contributed by atoms with Gasteiger partial charge in [-0.15, -0.1) is 36.2 Å². The average Bonchev–Trinajstić information content (AvgIpc) is 2.90. The van der Waals surface area contributed by atoms with Crippen molar-refractivity contribution in [3.8, 4) is 0 Å². The molecule has 4 nitrogen and oxygen atoms in total. The number of nitrogens with zero attached hydrogens (tertiary/aromatic N) is 1. The lowest BCUT2D eigenvalue weighted by atomic mass is 10.1. The summed E-state index contributed by atoms with van der Waals surface area (Å²) in [5.74, 6) is 0.0167. The summed E-state index contributed by atoms with van der Waals surface area (Å²) in [5.41, 5.74) is 2.05. The van der Waals surface area contributed by atoms with Crippen LogP contribution >= 0.6 is 36.2 Å². The Morgan fingerprint density at radius 3 is 2.75 bits per heavy atom. The van der Waals surface area contributed by atoms with Crippen LogP contribution in [0.3, 0.4) is 0 Å². The summed E-state index contributed by atoms with van der Waals surface area (Å²) in [6.45, 7) is 3.83. The smallest absolute Gasteiger partial charge is 0.263 e. The Kier molecular flexibility index (Phi) is 8.70. The molecule has 1 saturated heterocycles. The molecule has 1 aromatic heterocycles. The summed E-state index contributed by atoms with van der Waals surface area (Å²) >= 11 is 1.51. The van der Waals surface area contributed by atoms with E-state index in [1.54, 1.807) is 0 Å². The molecule has 0 bridgehead atoms. The number of carbonyl (C=O) groups is 1. The molecule has 0 saturated carbocycles. The van der Waals surface area contributed by atoms with Crippen molar-refractivity contribution in [1.29, 1.82) is 0 Å². The van der Waals surface area contributed by atoms with Crippen LogP contribution in [0.15, 0.2) is 30.3 Å². The molecule has 2 heterocycles. The molecular weight excluding hydrogens is 365 g/mol. The maximum absolute atomic E-state index is 12.4. The number of halogens is 2. The van der Waals surface area contributed by atoms with Gasteiger partial charge in [-0.05, 0) is 31.9 Å². The Balaban J connectivity index is 0.00000144. The lowest BCUT2D eigenvalue weighted by molar-refractivity contribution is 0.0934. The van der Waals surface area contributed by atoms with Gasteiger partial charge in [0.25, 0.3) is 5.91 Å². The third kappa shape index (κ3) is 5.45. The van der Waals surface area contributed by atoms with Crippen molar-refractivity contribution in [3.63, 3.8) is 0 Å². The van der Waals surface area contributed by atoms with Crippen LogP contribution in [0, 0.1) is 6.92 Å². The molecule has 2 aromatic rings. The van der Waals surface area contributed by atoms with Gasteiger partial charge in [-0.3, -0.25) is 4.79 Å². The van der Waals surface area contributed by atoms with Gasteiger partial charge in [0.1, 0.15) is 4.88 Å². The number of thiazole rings is 1. The number of benzene rings is 1. The van der Waals surface area contributed by atoms with Gasteiger partial charge >= 0.3 is 0 Å². The molecule has 0 spiro atoms. The third-order valence-corrected chi connectivity index (χ3v) is 5.03. The van der Waals surface area contributed by atoms with Crippen LogP contribution in [0.2, 0.25) is 0 Å². The molecule has 0 aliphatic carbocycles. The fourth-order valence-corrected chi connectivity index (χ4v) is 3.74. The predicted molar refractivity (Wildman–Crippen MR) is 104 cm³/mol. The van der Waals surface area contributed by atoms with Gasteiger partial charge in [0.15, 0.2) is 0 Å². The Morgan fingerprint density at radius 2 is 2.08 bits per heavy atom.